The number of hydrogen-bond acceptors (Lipinski definition) is 0. The van der Waals surface area contributed by atoms with Gasteiger partial charge >= 0.3 is 0 Å². The van der Waals surface area contributed by atoms with E-state index < -0.39 is 0 Å². The first-order valence-electron chi connectivity index (χ1n) is 17.0. The van der Waals surface area contributed by atoms with E-state index in [2.05, 4.69) is 41.5 Å². The molecule has 0 aromatic rings. The summed E-state index contributed by atoms with van der Waals surface area (Å²) in [5.74, 6) is 13.3. The second kappa shape index (κ2) is 8.50. The van der Waals surface area contributed by atoms with Crippen molar-refractivity contribution in [2.45, 2.75) is 138 Å². The van der Waals surface area contributed by atoms with Gasteiger partial charge in [-0.05, 0) is 184 Å². The normalized spacial score (nSPS) is 62.5. The zero-order valence-corrected chi connectivity index (χ0v) is 25.0. The first kappa shape index (κ1) is 25.0. The van der Waals surface area contributed by atoms with Crippen molar-refractivity contribution in [3.05, 3.63) is 0 Å². The van der Waals surface area contributed by atoms with Gasteiger partial charge in [0.1, 0.15) is 0 Å². The van der Waals surface area contributed by atoms with Crippen LogP contribution >= 0.6 is 0 Å². The molecule has 2 unspecified atom stereocenters. The highest BCUT2D eigenvalue weighted by Gasteiger charge is 2.54. The Morgan fingerprint density at radius 3 is 1.08 bits per heavy atom. The van der Waals surface area contributed by atoms with Gasteiger partial charge in [0.15, 0.2) is 0 Å². The van der Waals surface area contributed by atoms with Crippen LogP contribution in [0, 0.1) is 87.3 Å². The highest BCUT2D eigenvalue weighted by atomic mass is 14.6. The van der Waals surface area contributed by atoms with Crippen LogP contribution in [0.3, 0.4) is 0 Å². The van der Waals surface area contributed by atoms with Gasteiger partial charge in [0, 0.05) is 0 Å². The lowest BCUT2D eigenvalue weighted by molar-refractivity contribution is -0.0920. The van der Waals surface area contributed by atoms with Gasteiger partial charge in [-0.25, -0.2) is 0 Å². The van der Waals surface area contributed by atoms with Crippen LogP contribution in [0.4, 0.5) is 0 Å². The highest BCUT2D eigenvalue weighted by Crippen LogP contribution is 2.65. The molecule has 0 aromatic heterocycles. The van der Waals surface area contributed by atoms with Crippen molar-refractivity contribution in [3.63, 3.8) is 0 Å². The third-order valence-corrected chi connectivity index (χ3v) is 15.1. The second-order valence-corrected chi connectivity index (χ2v) is 18.4. The molecule has 12 fully saturated rings. The Morgan fingerprint density at radius 2 is 0.722 bits per heavy atom. The predicted octanol–water partition coefficient (Wildman–Crippen LogP) is 10.4. The number of hydrogen-bond donors (Lipinski definition) is 0. The van der Waals surface area contributed by atoms with Crippen LogP contribution in [-0.2, 0) is 0 Å². The van der Waals surface area contributed by atoms with Crippen molar-refractivity contribution in [3.8, 4) is 0 Å². The molecule has 36 heavy (non-hydrogen) atoms. The summed E-state index contributed by atoms with van der Waals surface area (Å²) in [6, 6.07) is 0. The van der Waals surface area contributed by atoms with Crippen molar-refractivity contribution in [1.29, 1.82) is 0 Å². The van der Waals surface area contributed by atoms with Gasteiger partial charge in [-0.3, -0.25) is 0 Å². The van der Waals surface area contributed by atoms with E-state index >= 15 is 0 Å². The lowest BCUT2D eigenvalue weighted by Gasteiger charge is -2.60. The van der Waals surface area contributed by atoms with Crippen molar-refractivity contribution < 1.29 is 0 Å². The van der Waals surface area contributed by atoms with E-state index in [1.165, 1.54) is 6.42 Å². The standard InChI is InChI=1S/3C12H20/c1-11-4-9-3-10(5-11)7-12(2,6-9)8-11;1-8-10-3-9-4-11(8)7-12(2,5-9)6-10;1-7-9-3-11-5-10(7)6-12(4-9)8(11)2/h9-10H,3-8H2,1-2H3;8-11H,3-7H2,1-2H3;7-12H,3-6H2,1-2H3. The fourth-order valence-corrected chi connectivity index (χ4v) is 14.3. The topological polar surface area (TPSA) is 0 Å². The summed E-state index contributed by atoms with van der Waals surface area (Å²) >= 11 is 0. The molecule has 204 valence electrons. The van der Waals surface area contributed by atoms with E-state index in [-0.39, 0.29) is 0 Å². The molecule has 0 spiro atoms. The molecule has 0 amide bonds. The summed E-state index contributed by atoms with van der Waals surface area (Å²) in [4.78, 5) is 0. The summed E-state index contributed by atoms with van der Waals surface area (Å²) in [5.41, 5.74) is 2.31. The van der Waals surface area contributed by atoms with Gasteiger partial charge in [0.05, 0.1) is 0 Å². The Labute approximate surface area is 224 Å². The molecule has 12 bridgehead atoms. The van der Waals surface area contributed by atoms with Gasteiger partial charge in [0.2, 0.25) is 0 Å². The molecule has 0 aromatic carbocycles. The molecular formula is C36H60. The Morgan fingerprint density at radius 1 is 0.361 bits per heavy atom. The number of rotatable bonds is 0. The average molecular weight is 493 g/mol. The first-order valence-corrected chi connectivity index (χ1v) is 17.0. The summed E-state index contributed by atoms with van der Waals surface area (Å²) in [6.45, 7) is 15.2. The van der Waals surface area contributed by atoms with E-state index in [1.807, 2.05) is 0 Å². The monoisotopic (exact) mass is 492 g/mol. The predicted molar refractivity (Wildman–Crippen MR) is 152 cm³/mol. The van der Waals surface area contributed by atoms with E-state index in [0.29, 0.717) is 0 Å². The molecular weight excluding hydrogens is 432 g/mol. The van der Waals surface area contributed by atoms with Crippen molar-refractivity contribution >= 4 is 0 Å². The summed E-state index contributed by atoms with van der Waals surface area (Å²) in [7, 11) is 0. The lowest BCUT2D eigenvalue weighted by Crippen LogP contribution is -2.49. The zero-order chi connectivity index (χ0) is 25.0. The Kier molecular flexibility index (Phi) is 5.90. The smallest absolute Gasteiger partial charge is 0.0315 e. The summed E-state index contributed by atoms with van der Waals surface area (Å²) < 4.78 is 0. The molecule has 0 saturated heterocycles. The largest absolute Gasteiger partial charge is 0.0620 e. The maximum atomic E-state index is 2.55. The Hall–Kier alpha value is 0. The Bertz CT molecular complexity index is 737. The van der Waals surface area contributed by atoms with Crippen LogP contribution in [0.2, 0.25) is 0 Å². The quantitative estimate of drug-likeness (QED) is 0.315. The maximum Gasteiger partial charge on any atom is -0.0315 e. The first-order chi connectivity index (χ1) is 17.0. The van der Waals surface area contributed by atoms with Crippen LogP contribution in [0.15, 0.2) is 0 Å². The van der Waals surface area contributed by atoms with Gasteiger partial charge in [-0.2, -0.15) is 0 Å². The molecule has 12 aliphatic carbocycles. The highest BCUT2D eigenvalue weighted by molar-refractivity contribution is 5.05. The minimum absolute atomic E-state index is 0.763. The fourth-order valence-electron chi connectivity index (χ4n) is 14.3. The molecule has 12 saturated carbocycles. The summed E-state index contributed by atoms with van der Waals surface area (Å²) in [6.07, 6.45) is 23.5. The van der Waals surface area contributed by atoms with Gasteiger partial charge in [0.25, 0.3) is 0 Å². The zero-order valence-electron chi connectivity index (χ0n) is 25.0. The molecule has 0 radical (unpaired) electrons. The van der Waals surface area contributed by atoms with E-state index in [0.717, 1.165) is 87.3 Å². The van der Waals surface area contributed by atoms with Crippen LogP contribution in [0.5, 0.6) is 0 Å². The van der Waals surface area contributed by atoms with Crippen LogP contribution in [0.1, 0.15) is 138 Å². The molecule has 12 aliphatic rings. The molecule has 0 heteroatoms. The molecule has 0 aliphatic heterocycles. The maximum absolute atomic E-state index is 2.55. The Balaban J connectivity index is 0.0000000919. The summed E-state index contributed by atoms with van der Waals surface area (Å²) in [5, 5.41) is 0. The molecule has 12 rings (SSSR count). The van der Waals surface area contributed by atoms with Crippen molar-refractivity contribution in [2.75, 3.05) is 0 Å². The van der Waals surface area contributed by atoms with E-state index in [4.69, 9.17) is 0 Å². The van der Waals surface area contributed by atoms with Crippen LogP contribution in [-0.4, -0.2) is 0 Å². The van der Waals surface area contributed by atoms with Gasteiger partial charge < -0.3 is 0 Å². The minimum Gasteiger partial charge on any atom is -0.0620 e. The van der Waals surface area contributed by atoms with Gasteiger partial charge in [-0.15, -0.1) is 0 Å². The minimum atomic E-state index is 0.763. The third-order valence-electron chi connectivity index (χ3n) is 15.1. The fraction of sp³-hybridized carbons (Fsp3) is 1.00. The molecule has 0 heterocycles. The van der Waals surface area contributed by atoms with Crippen LogP contribution < -0.4 is 0 Å². The SMILES string of the molecule is CC12CC3CC(C1)CC(C)(C3)C2.CC1C2CC3CC1CC(C)(C3)C2.CC1C2CC3CC1CC(C2)C3C. The van der Waals surface area contributed by atoms with Crippen molar-refractivity contribution in [2.24, 2.45) is 87.3 Å². The van der Waals surface area contributed by atoms with Crippen LogP contribution in [0.25, 0.3) is 0 Å². The molecule has 0 nitrogen and oxygen atoms in total. The third kappa shape index (κ3) is 4.28. The van der Waals surface area contributed by atoms with E-state index in [9.17, 15) is 0 Å². The van der Waals surface area contributed by atoms with Crippen molar-refractivity contribution in [1.82, 2.24) is 0 Å². The second-order valence-electron chi connectivity index (χ2n) is 18.4. The molecule has 0 N–H and O–H groups in total. The average Bonchev–Trinajstić information content (AvgIpc) is 2.74. The molecule has 2 atom stereocenters. The van der Waals surface area contributed by atoms with Gasteiger partial charge in [-0.1, -0.05) is 41.5 Å². The lowest BCUT2D eigenvalue weighted by atomic mass is 9.45. The van der Waals surface area contributed by atoms with E-state index in [1.54, 1.807) is 89.9 Å².